The van der Waals surface area contributed by atoms with Gasteiger partial charge in [-0.15, -0.1) is 0 Å². The number of hydrogen-bond acceptors (Lipinski definition) is 4. The van der Waals surface area contributed by atoms with Crippen LogP contribution in [-0.4, -0.2) is 22.1 Å². The maximum absolute atomic E-state index is 8.52. The van der Waals surface area contributed by atoms with Gasteiger partial charge in [0, 0.05) is 11.9 Å². The summed E-state index contributed by atoms with van der Waals surface area (Å²) in [7, 11) is 0. The minimum atomic E-state index is 0.857. The number of oxime groups is 1. The van der Waals surface area contributed by atoms with Crippen molar-refractivity contribution in [3.63, 3.8) is 0 Å². The Morgan fingerprint density at radius 1 is 1.19 bits per heavy atom. The van der Waals surface area contributed by atoms with Crippen molar-refractivity contribution in [3.05, 3.63) is 35.7 Å². The number of rotatable bonds is 3. The van der Waals surface area contributed by atoms with Crippen LogP contribution in [0.4, 0.5) is 0 Å². The summed E-state index contributed by atoms with van der Waals surface area (Å²) in [5.41, 5.74) is 2.81. The quantitative estimate of drug-likeness (QED) is 0.434. The van der Waals surface area contributed by atoms with Crippen LogP contribution >= 0.6 is 0 Å². The number of nitrogens with zero attached hydrogens (tertiary/aromatic N) is 3. The highest BCUT2D eigenvalue weighted by molar-refractivity contribution is 5.82. The zero-order valence-electron chi connectivity index (χ0n) is 14.6. The van der Waals surface area contributed by atoms with Crippen molar-refractivity contribution in [3.8, 4) is 0 Å². The summed E-state index contributed by atoms with van der Waals surface area (Å²) in [4.78, 5) is 0. The van der Waals surface area contributed by atoms with Crippen LogP contribution in [0.2, 0.25) is 0 Å². The van der Waals surface area contributed by atoms with Crippen LogP contribution in [0, 0.1) is 0 Å². The predicted molar refractivity (Wildman–Crippen MR) is 93.8 cm³/mol. The molecule has 0 aromatic rings. The van der Waals surface area contributed by atoms with E-state index in [2.05, 4.69) is 31.0 Å². The third-order valence-electron chi connectivity index (χ3n) is 2.28. The Balaban J connectivity index is 0. The highest BCUT2D eigenvalue weighted by Crippen LogP contribution is 2.16. The van der Waals surface area contributed by atoms with Crippen LogP contribution in [0.25, 0.3) is 0 Å². The van der Waals surface area contributed by atoms with Crippen LogP contribution in [0.3, 0.4) is 0 Å². The summed E-state index contributed by atoms with van der Waals surface area (Å²) in [6.07, 6.45) is 11.2. The first-order chi connectivity index (χ1) is 10.1. The topological polar surface area (TPSA) is 48.2 Å². The lowest BCUT2D eigenvalue weighted by molar-refractivity contribution is 0.321. The number of allylic oxidation sites excluding steroid dienone is 4. The van der Waals surface area contributed by atoms with Gasteiger partial charge in [-0.25, -0.2) is 5.01 Å². The highest BCUT2D eigenvalue weighted by atomic mass is 16.4. The molecule has 0 atom stereocenters. The van der Waals surface area contributed by atoms with E-state index in [9.17, 15) is 0 Å². The number of hydrogen-bond donors (Lipinski definition) is 1. The third kappa shape index (κ3) is 9.66. The van der Waals surface area contributed by atoms with Crippen molar-refractivity contribution in [1.82, 2.24) is 5.01 Å². The van der Waals surface area contributed by atoms with Gasteiger partial charge in [-0.2, -0.15) is 5.10 Å². The molecular weight excluding hydrogens is 262 g/mol. The summed E-state index contributed by atoms with van der Waals surface area (Å²) >= 11 is 0. The van der Waals surface area contributed by atoms with Gasteiger partial charge in [-0.05, 0) is 38.0 Å². The Morgan fingerprint density at radius 2 is 1.76 bits per heavy atom. The van der Waals surface area contributed by atoms with Gasteiger partial charge >= 0.3 is 0 Å². The van der Waals surface area contributed by atoms with Crippen LogP contribution in [0.15, 0.2) is 46.0 Å². The lowest BCUT2D eigenvalue weighted by atomic mass is 10.2. The standard InChI is InChI=1S/C12H17N3O.C3H8.C2H6/c1-4-11(3)14-15-8-6-5-7-12(15)10(2)9-13-16;1-3-2;1-2/h5-9,16H,4H2,1-3H3;3H2,1-2H3;1-2H3/b12-10+,13-9?,14-11+;;. The van der Waals surface area contributed by atoms with Crippen molar-refractivity contribution >= 4 is 11.9 Å². The predicted octanol–water partition coefficient (Wildman–Crippen LogP) is 5.33. The second-order valence-corrected chi connectivity index (χ2v) is 4.25. The Bertz CT molecular complexity index is 404. The molecular formula is C17H31N3O. The molecule has 0 aromatic heterocycles. The zero-order valence-corrected chi connectivity index (χ0v) is 14.6. The Kier molecular flexibility index (Phi) is 14.9. The Labute approximate surface area is 130 Å². The molecule has 1 aliphatic rings. The van der Waals surface area contributed by atoms with Gasteiger partial charge in [0.2, 0.25) is 0 Å². The van der Waals surface area contributed by atoms with Gasteiger partial charge < -0.3 is 5.21 Å². The first-order valence-electron chi connectivity index (χ1n) is 7.67. The van der Waals surface area contributed by atoms with E-state index < -0.39 is 0 Å². The molecule has 0 saturated heterocycles. The molecule has 1 N–H and O–H groups in total. The monoisotopic (exact) mass is 293 g/mol. The molecule has 4 nitrogen and oxygen atoms in total. The zero-order chi connectivity index (χ0) is 16.7. The maximum atomic E-state index is 8.52. The van der Waals surface area contributed by atoms with Crippen molar-refractivity contribution in [2.45, 2.75) is 61.3 Å². The van der Waals surface area contributed by atoms with Gasteiger partial charge in [0.05, 0.1) is 11.9 Å². The maximum Gasteiger partial charge on any atom is 0.0712 e. The molecule has 0 spiro atoms. The molecule has 21 heavy (non-hydrogen) atoms. The smallest absolute Gasteiger partial charge is 0.0712 e. The number of hydrazone groups is 1. The van der Waals surface area contributed by atoms with Crippen molar-refractivity contribution in [2.75, 3.05) is 0 Å². The van der Waals surface area contributed by atoms with Gasteiger partial charge in [0.1, 0.15) is 0 Å². The van der Waals surface area contributed by atoms with Crippen molar-refractivity contribution in [2.24, 2.45) is 10.3 Å². The molecule has 1 heterocycles. The summed E-state index contributed by atoms with van der Waals surface area (Å²) in [6, 6.07) is 0. The summed E-state index contributed by atoms with van der Waals surface area (Å²) in [6.45, 7) is 14.2. The molecule has 0 saturated carbocycles. The SMILES string of the molecule is CC.CC/C(C)=N/N1C=CC=C/C1=C(/C)C=NO.CCC. The van der Waals surface area contributed by atoms with E-state index in [1.54, 1.807) is 5.01 Å². The summed E-state index contributed by atoms with van der Waals surface area (Å²) < 4.78 is 0. The summed E-state index contributed by atoms with van der Waals surface area (Å²) in [5, 5.41) is 17.8. The molecule has 4 heteroatoms. The second kappa shape index (κ2) is 14.6. The fourth-order valence-corrected chi connectivity index (χ4v) is 1.24. The van der Waals surface area contributed by atoms with E-state index in [4.69, 9.17) is 5.21 Å². The Morgan fingerprint density at radius 3 is 2.24 bits per heavy atom. The van der Waals surface area contributed by atoms with E-state index in [0.717, 1.165) is 23.4 Å². The van der Waals surface area contributed by atoms with E-state index in [0.29, 0.717) is 0 Å². The van der Waals surface area contributed by atoms with Crippen LogP contribution in [-0.2, 0) is 0 Å². The Hall–Kier alpha value is -1.84. The van der Waals surface area contributed by atoms with Crippen molar-refractivity contribution in [1.29, 1.82) is 0 Å². The fourth-order valence-electron chi connectivity index (χ4n) is 1.24. The van der Waals surface area contributed by atoms with Gasteiger partial charge in [-0.3, -0.25) is 0 Å². The molecule has 1 aliphatic heterocycles. The molecule has 0 aromatic carbocycles. The van der Waals surface area contributed by atoms with E-state index >= 15 is 0 Å². The third-order valence-corrected chi connectivity index (χ3v) is 2.28. The highest BCUT2D eigenvalue weighted by Gasteiger charge is 2.08. The fraction of sp³-hybridized carbons (Fsp3) is 0.529. The normalized spacial score (nSPS) is 16.1. The first-order valence-corrected chi connectivity index (χ1v) is 7.67. The lowest BCUT2D eigenvalue weighted by Gasteiger charge is -2.20. The largest absolute Gasteiger partial charge is 0.411 e. The first kappa shape index (κ1) is 21.5. The molecule has 0 aliphatic carbocycles. The molecule has 0 amide bonds. The molecule has 0 fully saturated rings. The van der Waals surface area contributed by atoms with Gasteiger partial charge in [0.25, 0.3) is 0 Å². The molecule has 0 unspecified atom stereocenters. The molecule has 0 bridgehead atoms. The average molecular weight is 293 g/mol. The van der Waals surface area contributed by atoms with Crippen LogP contribution in [0.5, 0.6) is 0 Å². The second-order valence-electron chi connectivity index (χ2n) is 4.25. The molecule has 1 rings (SSSR count). The average Bonchev–Trinajstić information content (AvgIpc) is 2.50. The van der Waals surface area contributed by atoms with E-state index in [-0.39, 0.29) is 0 Å². The molecule has 0 radical (unpaired) electrons. The lowest BCUT2D eigenvalue weighted by Crippen LogP contribution is -2.14. The minimum absolute atomic E-state index is 0.857. The minimum Gasteiger partial charge on any atom is -0.411 e. The van der Waals surface area contributed by atoms with E-state index in [1.165, 1.54) is 12.6 Å². The van der Waals surface area contributed by atoms with Crippen LogP contribution < -0.4 is 0 Å². The van der Waals surface area contributed by atoms with E-state index in [1.807, 2.05) is 52.1 Å². The summed E-state index contributed by atoms with van der Waals surface area (Å²) in [5.74, 6) is 0. The van der Waals surface area contributed by atoms with Crippen molar-refractivity contribution < 1.29 is 5.21 Å². The molecule has 120 valence electrons. The van der Waals surface area contributed by atoms with Gasteiger partial charge in [-0.1, -0.05) is 52.3 Å². The van der Waals surface area contributed by atoms with Crippen LogP contribution in [0.1, 0.15) is 61.3 Å². The van der Waals surface area contributed by atoms with Gasteiger partial charge in [0.15, 0.2) is 0 Å².